The molecule has 6 heteroatoms. The number of halogens is 3. The fraction of sp³-hybridized carbons (Fsp3) is 0.364. The molecule has 1 rings (SSSR count). The highest BCUT2D eigenvalue weighted by Crippen LogP contribution is 2.30. The van der Waals surface area contributed by atoms with Crippen molar-refractivity contribution >= 4 is 5.97 Å². The zero-order valence-electron chi connectivity index (χ0n) is 8.87. The summed E-state index contributed by atoms with van der Waals surface area (Å²) in [6, 6.07) is 4.40. The van der Waals surface area contributed by atoms with Gasteiger partial charge in [0.25, 0.3) is 0 Å². The van der Waals surface area contributed by atoms with Gasteiger partial charge in [0.05, 0.1) is 12.0 Å². The van der Waals surface area contributed by atoms with E-state index in [2.05, 4.69) is 0 Å². The summed E-state index contributed by atoms with van der Waals surface area (Å²) in [5.41, 5.74) is 5.14. The summed E-state index contributed by atoms with van der Waals surface area (Å²) in [6.45, 7) is 0.0810. The van der Waals surface area contributed by atoms with E-state index in [0.717, 1.165) is 12.1 Å². The maximum absolute atomic E-state index is 12.3. The molecule has 0 aliphatic carbocycles. The van der Waals surface area contributed by atoms with Crippen LogP contribution in [0.25, 0.3) is 0 Å². The van der Waals surface area contributed by atoms with Crippen LogP contribution in [0, 0.1) is 0 Å². The topological polar surface area (TPSA) is 63.3 Å². The van der Waals surface area contributed by atoms with Crippen LogP contribution in [0.15, 0.2) is 24.3 Å². The molecule has 0 aromatic heterocycles. The van der Waals surface area contributed by atoms with Crippen molar-refractivity contribution in [2.45, 2.75) is 18.5 Å². The molecule has 0 aliphatic heterocycles. The van der Waals surface area contributed by atoms with E-state index < -0.39 is 23.6 Å². The molecule has 17 heavy (non-hydrogen) atoms. The van der Waals surface area contributed by atoms with Gasteiger partial charge in [-0.3, -0.25) is 4.79 Å². The highest BCUT2D eigenvalue weighted by molar-refractivity contribution is 5.68. The largest absolute Gasteiger partial charge is 0.481 e. The Balaban J connectivity index is 2.89. The molecule has 0 saturated heterocycles. The lowest BCUT2D eigenvalue weighted by molar-refractivity contribution is -0.138. The van der Waals surface area contributed by atoms with E-state index in [4.69, 9.17) is 10.8 Å². The molecular weight excluding hydrogens is 235 g/mol. The van der Waals surface area contributed by atoms with Gasteiger partial charge in [-0.15, -0.1) is 0 Å². The number of benzene rings is 1. The van der Waals surface area contributed by atoms with Crippen LogP contribution in [0.1, 0.15) is 23.5 Å². The Kier molecular flexibility index (Phi) is 4.11. The molecule has 1 aromatic rings. The first kappa shape index (κ1) is 13.5. The minimum Gasteiger partial charge on any atom is -0.481 e. The van der Waals surface area contributed by atoms with Crippen molar-refractivity contribution in [3.63, 3.8) is 0 Å². The number of hydrogen-bond acceptors (Lipinski definition) is 2. The van der Waals surface area contributed by atoms with Gasteiger partial charge in [0.15, 0.2) is 0 Å². The second-order valence-corrected chi connectivity index (χ2v) is 3.65. The Labute approximate surface area is 96.0 Å². The number of nitrogens with two attached hydrogens (primary N) is 1. The van der Waals surface area contributed by atoms with Crippen molar-refractivity contribution in [2.75, 3.05) is 6.54 Å². The summed E-state index contributed by atoms with van der Waals surface area (Å²) >= 11 is 0. The second-order valence-electron chi connectivity index (χ2n) is 3.65. The van der Waals surface area contributed by atoms with Gasteiger partial charge in [0, 0.05) is 5.92 Å². The van der Waals surface area contributed by atoms with Gasteiger partial charge < -0.3 is 10.8 Å². The minimum absolute atomic E-state index is 0.0810. The van der Waals surface area contributed by atoms with Crippen LogP contribution in [0.5, 0.6) is 0 Å². The lowest BCUT2D eigenvalue weighted by Gasteiger charge is -2.14. The average Bonchev–Trinajstić information content (AvgIpc) is 2.24. The Bertz CT molecular complexity index is 387. The molecule has 0 spiro atoms. The standard InChI is InChI=1S/C11H12F3NO2/c12-11(13,14)9-3-1-7(2-4-9)8(6-15)5-10(16)17/h1-4,8H,5-6,15H2,(H,16,17). The molecule has 0 aliphatic rings. The number of hydrogen-bond donors (Lipinski definition) is 2. The lowest BCUT2D eigenvalue weighted by Crippen LogP contribution is -2.16. The van der Waals surface area contributed by atoms with Gasteiger partial charge in [-0.25, -0.2) is 0 Å². The van der Waals surface area contributed by atoms with E-state index in [0.29, 0.717) is 5.56 Å². The Morgan fingerprint density at radius 2 is 1.82 bits per heavy atom. The number of alkyl halides is 3. The van der Waals surface area contributed by atoms with Gasteiger partial charge in [-0.2, -0.15) is 13.2 Å². The molecule has 0 bridgehead atoms. The van der Waals surface area contributed by atoms with Crippen molar-refractivity contribution in [1.82, 2.24) is 0 Å². The first-order chi connectivity index (χ1) is 7.84. The summed E-state index contributed by atoms with van der Waals surface area (Å²) in [7, 11) is 0. The third-order valence-electron chi connectivity index (χ3n) is 2.41. The Morgan fingerprint density at radius 1 is 1.29 bits per heavy atom. The van der Waals surface area contributed by atoms with Gasteiger partial charge >= 0.3 is 12.1 Å². The smallest absolute Gasteiger partial charge is 0.416 e. The van der Waals surface area contributed by atoms with Crippen molar-refractivity contribution in [1.29, 1.82) is 0 Å². The number of aliphatic carboxylic acids is 1. The monoisotopic (exact) mass is 247 g/mol. The Morgan fingerprint density at radius 3 is 2.18 bits per heavy atom. The first-order valence-electron chi connectivity index (χ1n) is 4.93. The van der Waals surface area contributed by atoms with Crippen LogP contribution in [-0.4, -0.2) is 17.6 Å². The fourth-order valence-corrected chi connectivity index (χ4v) is 1.49. The molecule has 0 radical (unpaired) electrons. The predicted octanol–water partition coefficient (Wildman–Crippen LogP) is 2.22. The number of carbonyl (C=O) groups is 1. The molecule has 0 amide bonds. The van der Waals surface area contributed by atoms with Crippen LogP contribution in [0.4, 0.5) is 13.2 Å². The Hall–Kier alpha value is -1.56. The second kappa shape index (κ2) is 5.18. The van der Waals surface area contributed by atoms with E-state index in [1.165, 1.54) is 12.1 Å². The highest BCUT2D eigenvalue weighted by atomic mass is 19.4. The average molecular weight is 247 g/mol. The van der Waals surface area contributed by atoms with Gasteiger partial charge in [-0.05, 0) is 24.2 Å². The maximum atomic E-state index is 12.3. The normalized spacial score (nSPS) is 13.4. The minimum atomic E-state index is -4.39. The molecule has 1 unspecified atom stereocenters. The zero-order valence-corrected chi connectivity index (χ0v) is 8.87. The number of carboxylic acids is 1. The van der Waals surface area contributed by atoms with Crippen LogP contribution in [0.3, 0.4) is 0 Å². The van der Waals surface area contributed by atoms with Gasteiger partial charge in [0.2, 0.25) is 0 Å². The maximum Gasteiger partial charge on any atom is 0.416 e. The van der Waals surface area contributed by atoms with Crippen LogP contribution in [0.2, 0.25) is 0 Å². The summed E-state index contributed by atoms with van der Waals surface area (Å²) in [4.78, 5) is 10.5. The van der Waals surface area contributed by atoms with Crippen molar-refractivity contribution in [3.8, 4) is 0 Å². The van der Waals surface area contributed by atoms with Crippen molar-refractivity contribution < 1.29 is 23.1 Å². The van der Waals surface area contributed by atoms with Gasteiger partial charge in [0.1, 0.15) is 0 Å². The molecule has 3 nitrogen and oxygen atoms in total. The van der Waals surface area contributed by atoms with Gasteiger partial charge in [-0.1, -0.05) is 12.1 Å². The van der Waals surface area contributed by atoms with E-state index in [1.54, 1.807) is 0 Å². The lowest BCUT2D eigenvalue weighted by atomic mass is 9.95. The van der Waals surface area contributed by atoms with E-state index in [-0.39, 0.29) is 13.0 Å². The van der Waals surface area contributed by atoms with Crippen LogP contribution < -0.4 is 5.73 Å². The quantitative estimate of drug-likeness (QED) is 0.857. The predicted molar refractivity (Wildman–Crippen MR) is 55.5 cm³/mol. The van der Waals surface area contributed by atoms with Crippen LogP contribution >= 0.6 is 0 Å². The molecule has 0 fully saturated rings. The van der Waals surface area contributed by atoms with E-state index in [1.807, 2.05) is 0 Å². The number of carboxylic acid groups (broad SMARTS) is 1. The fourth-order valence-electron chi connectivity index (χ4n) is 1.49. The third kappa shape index (κ3) is 3.74. The van der Waals surface area contributed by atoms with Crippen molar-refractivity contribution in [3.05, 3.63) is 35.4 Å². The summed E-state index contributed by atoms with van der Waals surface area (Å²) < 4.78 is 36.9. The third-order valence-corrected chi connectivity index (χ3v) is 2.41. The molecule has 1 aromatic carbocycles. The summed E-state index contributed by atoms with van der Waals surface area (Å²) in [6.07, 6.45) is -4.58. The molecular formula is C11H12F3NO2. The highest BCUT2D eigenvalue weighted by Gasteiger charge is 2.30. The molecule has 94 valence electrons. The zero-order chi connectivity index (χ0) is 13.1. The molecule has 0 saturated carbocycles. The summed E-state index contributed by atoms with van der Waals surface area (Å²) in [5, 5.41) is 8.62. The van der Waals surface area contributed by atoms with Crippen molar-refractivity contribution in [2.24, 2.45) is 5.73 Å². The molecule has 0 heterocycles. The van der Waals surface area contributed by atoms with Crippen LogP contribution in [-0.2, 0) is 11.0 Å². The first-order valence-corrected chi connectivity index (χ1v) is 4.93. The number of rotatable bonds is 4. The SMILES string of the molecule is NCC(CC(=O)O)c1ccc(C(F)(F)F)cc1. The molecule has 3 N–H and O–H groups in total. The van der Waals surface area contributed by atoms with E-state index >= 15 is 0 Å². The van der Waals surface area contributed by atoms with E-state index in [9.17, 15) is 18.0 Å². The summed E-state index contributed by atoms with van der Waals surface area (Å²) in [5.74, 6) is -1.49. The molecule has 1 atom stereocenters.